The van der Waals surface area contributed by atoms with Crippen molar-refractivity contribution in [1.82, 2.24) is 19.9 Å². The number of anilines is 2. The van der Waals surface area contributed by atoms with Crippen LogP contribution in [0.5, 0.6) is 5.75 Å². The van der Waals surface area contributed by atoms with Gasteiger partial charge in [-0.3, -0.25) is 14.8 Å². The van der Waals surface area contributed by atoms with Gasteiger partial charge in [0.15, 0.2) is 5.82 Å². The maximum absolute atomic E-state index is 12.8. The van der Waals surface area contributed by atoms with Crippen LogP contribution in [-0.2, 0) is 12.8 Å². The maximum atomic E-state index is 12.8. The smallest absolute Gasteiger partial charge is 0.433 e. The Labute approximate surface area is 214 Å². The van der Waals surface area contributed by atoms with Gasteiger partial charge in [0.25, 0.3) is 5.91 Å². The van der Waals surface area contributed by atoms with Crippen LogP contribution < -0.4 is 15.8 Å². The largest absolute Gasteiger partial charge is 0.489 e. The number of fused-ring (bicyclic) bond motifs is 1. The molecule has 0 spiro atoms. The number of carbonyl (C=O) groups is 1. The number of ether oxygens (including phenoxy) is 1. The number of amides is 1. The number of hydrogen-bond donors (Lipinski definition) is 2. The molecule has 5 rings (SSSR count). The number of aromatic nitrogens is 4. The minimum absolute atomic E-state index is 0.00145. The van der Waals surface area contributed by atoms with Gasteiger partial charge in [0, 0.05) is 35.1 Å². The number of nitrogens with zero attached hydrogens (tertiary/aromatic N) is 4. The van der Waals surface area contributed by atoms with E-state index in [9.17, 15) is 18.0 Å². The van der Waals surface area contributed by atoms with E-state index < -0.39 is 17.8 Å². The number of pyridine rings is 2. The molecule has 1 amide bonds. The number of nitrogens with one attached hydrogen (secondary N) is 1. The average molecular weight is 516 g/mol. The molecule has 0 aliphatic carbocycles. The van der Waals surface area contributed by atoms with E-state index in [1.54, 1.807) is 60.9 Å². The summed E-state index contributed by atoms with van der Waals surface area (Å²) in [5, 5.41) is 3.77. The molecule has 0 saturated carbocycles. The van der Waals surface area contributed by atoms with Crippen LogP contribution in [0.15, 0.2) is 85.3 Å². The first-order valence-electron chi connectivity index (χ1n) is 11.3. The number of benzene rings is 2. The lowest BCUT2D eigenvalue weighted by atomic mass is 10.1. The summed E-state index contributed by atoms with van der Waals surface area (Å²) in [7, 11) is 0. The minimum Gasteiger partial charge on any atom is -0.489 e. The molecule has 190 valence electrons. The first-order chi connectivity index (χ1) is 18.3. The lowest BCUT2D eigenvalue weighted by molar-refractivity contribution is -0.141. The van der Waals surface area contributed by atoms with Gasteiger partial charge < -0.3 is 15.8 Å². The highest BCUT2D eigenvalue weighted by Crippen LogP contribution is 2.31. The number of alkyl halides is 3. The van der Waals surface area contributed by atoms with Crippen LogP contribution in [0.25, 0.3) is 22.3 Å². The molecular formula is C27H19F3N6O2. The van der Waals surface area contributed by atoms with Crippen LogP contribution in [0.3, 0.4) is 0 Å². The molecule has 0 atom stereocenters. The molecule has 3 N–H and O–H groups in total. The zero-order chi connectivity index (χ0) is 26.7. The Balaban J connectivity index is 1.50. The zero-order valence-corrected chi connectivity index (χ0v) is 19.6. The van der Waals surface area contributed by atoms with E-state index in [1.165, 1.54) is 6.07 Å². The fraction of sp³-hybridized carbons (Fsp3) is 0.0741. The molecule has 5 aromatic rings. The van der Waals surface area contributed by atoms with Gasteiger partial charge in [0.1, 0.15) is 23.9 Å². The van der Waals surface area contributed by atoms with E-state index in [0.29, 0.717) is 45.1 Å². The number of halogens is 3. The molecule has 0 saturated heterocycles. The van der Waals surface area contributed by atoms with Crippen LogP contribution in [0, 0.1) is 0 Å². The summed E-state index contributed by atoms with van der Waals surface area (Å²) in [6, 6.07) is 17.7. The minimum atomic E-state index is -4.51. The van der Waals surface area contributed by atoms with Crippen molar-refractivity contribution >= 4 is 28.3 Å². The molecule has 0 bridgehead atoms. The van der Waals surface area contributed by atoms with E-state index in [4.69, 9.17) is 10.5 Å². The number of para-hydroxylation sites is 1. The van der Waals surface area contributed by atoms with Crippen LogP contribution in [0.4, 0.5) is 24.7 Å². The first-order valence-corrected chi connectivity index (χ1v) is 11.3. The highest BCUT2D eigenvalue weighted by Gasteiger charge is 2.32. The predicted octanol–water partition coefficient (Wildman–Crippen LogP) is 5.53. The fourth-order valence-corrected chi connectivity index (χ4v) is 3.70. The fourth-order valence-electron chi connectivity index (χ4n) is 3.70. The summed E-state index contributed by atoms with van der Waals surface area (Å²) < 4.78 is 44.2. The van der Waals surface area contributed by atoms with Crippen molar-refractivity contribution in [2.45, 2.75) is 12.8 Å². The van der Waals surface area contributed by atoms with Crippen LogP contribution >= 0.6 is 0 Å². The molecule has 0 unspecified atom stereocenters. The SMILES string of the molecule is NC(=O)c1ccccc1Nc1nc(-c2cccnc2)nc2ccc(OCc3ccc(C(F)(F)F)nc3)cc12. The highest BCUT2D eigenvalue weighted by atomic mass is 19.4. The summed E-state index contributed by atoms with van der Waals surface area (Å²) in [4.78, 5) is 28.9. The summed E-state index contributed by atoms with van der Waals surface area (Å²) in [6.07, 6.45) is -0.107. The Hall–Kier alpha value is -5.06. The van der Waals surface area contributed by atoms with Gasteiger partial charge in [0.05, 0.1) is 16.8 Å². The van der Waals surface area contributed by atoms with Crippen molar-refractivity contribution in [2.75, 3.05) is 5.32 Å². The van der Waals surface area contributed by atoms with E-state index in [0.717, 1.165) is 12.3 Å². The van der Waals surface area contributed by atoms with Crippen LogP contribution in [-0.4, -0.2) is 25.8 Å². The molecule has 0 fully saturated rings. The number of primary amides is 1. The molecule has 11 heteroatoms. The molecule has 38 heavy (non-hydrogen) atoms. The normalized spacial score (nSPS) is 11.3. The lowest BCUT2D eigenvalue weighted by Crippen LogP contribution is -2.13. The standard InChI is InChI=1S/C27H19F3N6O2/c28-27(29,30)23-10-7-16(13-33-23)15-38-18-8-9-22-20(12-18)26(35-21-6-2-1-5-19(21)24(31)37)36-25(34-22)17-4-3-11-32-14-17/h1-14H,15H2,(H2,31,37)(H,34,35,36). The Morgan fingerprint density at radius 2 is 1.82 bits per heavy atom. The van der Waals surface area contributed by atoms with Crippen LogP contribution in [0.2, 0.25) is 0 Å². The Bertz CT molecular complexity index is 1610. The molecule has 3 heterocycles. The number of hydrogen-bond acceptors (Lipinski definition) is 7. The first kappa shape index (κ1) is 24.6. The van der Waals surface area contributed by atoms with Crippen molar-refractivity contribution < 1.29 is 22.7 Å². The Morgan fingerprint density at radius 1 is 0.974 bits per heavy atom. The van der Waals surface area contributed by atoms with Gasteiger partial charge in [-0.2, -0.15) is 13.2 Å². The van der Waals surface area contributed by atoms with E-state index in [1.807, 2.05) is 6.07 Å². The van der Waals surface area contributed by atoms with Gasteiger partial charge in [-0.05, 0) is 48.5 Å². The predicted molar refractivity (Wildman–Crippen MR) is 135 cm³/mol. The van der Waals surface area contributed by atoms with Crippen LogP contribution in [0.1, 0.15) is 21.6 Å². The quantitative estimate of drug-likeness (QED) is 0.292. The molecular weight excluding hydrogens is 497 g/mol. The summed E-state index contributed by atoms with van der Waals surface area (Å²) in [5.74, 6) is 0.632. The summed E-state index contributed by atoms with van der Waals surface area (Å²) in [5.41, 5.74) is 7.06. The van der Waals surface area contributed by atoms with E-state index in [-0.39, 0.29) is 12.2 Å². The van der Waals surface area contributed by atoms with Crippen molar-refractivity contribution in [3.8, 4) is 17.1 Å². The monoisotopic (exact) mass is 516 g/mol. The van der Waals surface area contributed by atoms with Gasteiger partial charge in [-0.15, -0.1) is 0 Å². The van der Waals surface area contributed by atoms with Gasteiger partial charge in [-0.25, -0.2) is 9.97 Å². The summed E-state index contributed by atoms with van der Waals surface area (Å²) in [6.45, 7) is -0.00145. The third kappa shape index (κ3) is 5.36. The van der Waals surface area contributed by atoms with Crippen molar-refractivity contribution in [3.05, 3.63) is 102 Å². The number of carbonyl (C=O) groups excluding carboxylic acids is 1. The third-order valence-corrected chi connectivity index (χ3v) is 5.55. The summed E-state index contributed by atoms with van der Waals surface area (Å²) >= 11 is 0. The van der Waals surface area contributed by atoms with Gasteiger partial charge in [-0.1, -0.05) is 18.2 Å². The van der Waals surface area contributed by atoms with Crippen molar-refractivity contribution in [2.24, 2.45) is 5.73 Å². The zero-order valence-electron chi connectivity index (χ0n) is 19.6. The maximum Gasteiger partial charge on any atom is 0.433 e. The van der Waals surface area contributed by atoms with Gasteiger partial charge in [0.2, 0.25) is 0 Å². The molecule has 0 aliphatic heterocycles. The second kappa shape index (κ2) is 10.1. The van der Waals surface area contributed by atoms with Gasteiger partial charge >= 0.3 is 6.18 Å². The molecule has 0 aliphatic rings. The topological polar surface area (TPSA) is 116 Å². The Kier molecular flexibility index (Phi) is 6.56. The average Bonchev–Trinajstić information content (AvgIpc) is 2.92. The van der Waals surface area contributed by atoms with E-state index >= 15 is 0 Å². The molecule has 2 aromatic carbocycles. The second-order valence-electron chi connectivity index (χ2n) is 8.19. The third-order valence-electron chi connectivity index (χ3n) is 5.55. The van der Waals surface area contributed by atoms with Crippen molar-refractivity contribution in [1.29, 1.82) is 0 Å². The van der Waals surface area contributed by atoms with Crippen molar-refractivity contribution in [3.63, 3.8) is 0 Å². The lowest BCUT2D eigenvalue weighted by Gasteiger charge is -2.14. The molecule has 3 aromatic heterocycles. The van der Waals surface area contributed by atoms with E-state index in [2.05, 4.69) is 25.3 Å². The number of rotatable bonds is 7. The molecule has 8 nitrogen and oxygen atoms in total. The molecule has 0 radical (unpaired) electrons. The highest BCUT2D eigenvalue weighted by molar-refractivity contribution is 6.01. The Morgan fingerprint density at radius 3 is 2.53 bits per heavy atom. The number of nitrogens with two attached hydrogens (primary N) is 1. The second-order valence-corrected chi connectivity index (χ2v) is 8.19.